The predicted octanol–water partition coefficient (Wildman–Crippen LogP) is 2.51. The Balaban J connectivity index is 2.21. The second kappa shape index (κ2) is 4.63. The fourth-order valence-electron chi connectivity index (χ4n) is 1.79. The number of hydrogen-bond acceptors (Lipinski definition) is 2. The predicted molar refractivity (Wildman–Crippen MR) is 63.1 cm³/mol. The molecule has 1 aliphatic carbocycles. The number of Topliss-reactive ketones (excluding diaryl/α,β-unsaturated/α-hetero) is 1. The van der Waals surface area contributed by atoms with E-state index in [2.05, 4.69) is 0 Å². The van der Waals surface area contributed by atoms with E-state index in [0.29, 0.717) is 5.56 Å². The van der Waals surface area contributed by atoms with Crippen molar-refractivity contribution < 1.29 is 14.3 Å². The van der Waals surface area contributed by atoms with Gasteiger partial charge in [-0.25, -0.2) is 4.39 Å². The Hall–Kier alpha value is -1.74. The molecular formula is C14H13FO2. The van der Waals surface area contributed by atoms with Gasteiger partial charge >= 0.3 is 0 Å². The molecule has 0 fully saturated rings. The molecule has 0 heterocycles. The lowest BCUT2D eigenvalue weighted by molar-refractivity contribution is -0.136. The molecule has 2 unspecified atom stereocenters. The van der Waals surface area contributed by atoms with Crippen molar-refractivity contribution >= 4 is 5.78 Å². The molecular weight excluding hydrogens is 219 g/mol. The summed E-state index contributed by atoms with van der Waals surface area (Å²) in [6.45, 7) is 0. The van der Waals surface area contributed by atoms with Gasteiger partial charge in [-0.3, -0.25) is 4.79 Å². The van der Waals surface area contributed by atoms with Crippen molar-refractivity contribution in [3.8, 4) is 0 Å². The standard InChI is InChI=1S/C14H13FO2/c15-14(9-5-2-6-10-14)13(17)12(16)11-7-3-1-4-8-11/h1-9,12,16H,10H2. The summed E-state index contributed by atoms with van der Waals surface area (Å²) in [5.41, 5.74) is -1.68. The second-order valence-corrected chi connectivity index (χ2v) is 4.03. The molecule has 1 N–H and O–H groups in total. The monoisotopic (exact) mass is 232 g/mol. The van der Waals surface area contributed by atoms with Crippen molar-refractivity contribution in [3.05, 3.63) is 60.2 Å². The average Bonchev–Trinajstić information content (AvgIpc) is 2.39. The van der Waals surface area contributed by atoms with Crippen LogP contribution in [0.25, 0.3) is 0 Å². The zero-order valence-electron chi connectivity index (χ0n) is 9.21. The lowest BCUT2D eigenvalue weighted by Gasteiger charge is -2.23. The van der Waals surface area contributed by atoms with Crippen molar-refractivity contribution in [3.63, 3.8) is 0 Å². The summed E-state index contributed by atoms with van der Waals surface area (Å²) in [5.74, 6) is -0.815. The first-order valence-corrected chi connectivity index (χ1v) is 5.44. The molecule has 2 nitrogen and oxygen atoms in total. The van der Waals surface area contributed by atoms with Crippen molar-refractivity contribution in [2.75, 3.05) is 0 Å². The second-order valence-electron chi connectivity index (χ2n) is 4.03. The Morgan fingerprint density at radius 3 is 2.59 bits per heavy atom. The van der Waals surface area contributed by atoms with Gasteiger partial charge in [-0.15, -0.1) is 0 Å². The normalized spacial score (nSPS) is 24.6. The summed E-state index contributed by atoms with van der Waals surface area (Å²) in [6.07, 6.45) is 4.50. The lowest BCUT2D eigenvalue weighted by atomic mass is 9.87. The van der Waals surface area contributed by atoms with E-state index in [1.807, 2.05) is 0 Å². The number of rotatable bonds is 3. The zero-order chi connectivity index (χ0) is 12.3. The maximum absolute atomic E-state index is 14.3. The van der Waals surface area contributed by atoms with Crippen LogP contribution in [0.5, 0.6) is 0 Å². The van der Waals surface area contributed by atoms with E-state index >= 15 is 0 Å². The number of ketones is 1. The van der Waals surface area contributed by atoms with E-state index in [0.717, 1.165) is 0 Å². The van der Waals surface area contributed by atoms with Crippen molar-refractivity contribution in [1.82, 2.24) is 0 Å². The maximum Gasteiger partial charge on any atom is 0.207 e. The molecule has 0 radical (unpaired) electrons. The molecule has 0 aliphatic heterocycles. The Morgan fingerprint density at radius 2 is 2.00 bits per heavy atom. The fourth-order valence-corrected chi connectivity index (χ4v) is 1.79. The lowest BCUT2D eigenvalue weighted by Crippen LogP contribution is -2.36. The van der Waals surface area contributed by atoms with Crippen LogP contribution in [-0.2, 0) is 4.79 Å². The molecule has 1 aromatic carbocycles. The number of aliphatic hydroxyl groups excluding tert-OH is 1. The summed E-state index contributed by atoms with van der Waals surface area (Å²) < 4.78 is 14.3. The van der Waals surface area contributed by atoms with Gasteiger partial charge in [0.2, 0.25) is 5.78 Å². The number of hydrogen-bond donors (Lipinski definition) is 1. The molecule has 17 heavy (non-hydrogen) atoms. The van der Waals surface area contributed by atoms with Crippen LogP contribution < -0.4 is 0 Å². The molecule has 0 saturated heterocycles. The van der Waals surface area contributed by atoms with Crippen LogP contribution >= 0.6 is 0 Å². The molecule has 1 aliphatic rings. The first-order valence-electron chi connectivity index (χ1n) is 5.44. The number of carbonyl (C=O) groups excluding carboxylic acids is 1. The summed E-state index contributed by atoms with van der Waals surface area (Å²) in [5, 5.41) is 9.86. The first-order chi connectivity index (χ1) is 8.13. The smallest absolute Gasteiger partial charge is 0.207 e. The fraction of sp³-hybridized carbons (Fsp3) is 0.214. The zero-order valence-corrected chi connectivity index (χ0v) is 9.21. The summed E-state index contributed by atoms with van der Waals surface area (Å²) in [4.78, 5) is 11.9. The molecule has 1 aromatic rings. The van der Waals surface area contributed by atoms with Gasteiger partial charge in [0.05, 0.1) is 0 Å². The molecule has 0 spiro atoms. The van der Waals surface area contributed by atoms with E-state index in [1.165, 1.54) is 12.2 Å². The van der Waals surface area contributed by atoms with Crippen LogP contribution in [0.1, 0.15) is 18.1 Å². The Kier molecular flexibility index (Phi) is 3.20. The highest BCUT2D eigenvalue weighted by Crippen LogP contribution is 2.29. The summed E-state index contributed by atoms with van der Waals surface area (Å²) >= 11 is 0. The molecule has 0 aromatic heterocycles. The van der Waals surface area contributed by atoms with Crippen molar-refractivity contribution in [2.24, 2.45) is 0 Å². The van der Waals surface area contributed by atoms with Gasteiger partial charge in [0.25, 0.3) is 0 Å². The minimum absolute atomic E-state index is 0.0216. The molecule has 0 bridgehead atoms. The Bertz CT molecular complexity index is 464. The number of halogens is 1. The average molecular weight is 232 g/mol. The van der Waals surface area contributed by atoms with Crippen LogP contribution in [0.15, 0.2) is 54.6 Å². The third-order valence-corrected chi connectivity index (χ3v) is 2.80. The van der Waals surface area contributed by atoms with E-state index in [4.69, 9.17) is 0 Å². The number of alkyl halides is 1. The van der Waals surface area contributed by atoms with Crippen LogP contribution in [0, 0.1) is 0 Å². The maximum atomic E-state index is 14.3. The summed E-state index contributed by atoms with van der Waals surface area (Å²) in [6, 6.07) is 8.39. The minimum Gasteiger partial charge on any atom is -0.380 e. The first kappa shape index (κ1) is 11.7. The van der Waals surface area contributed by atoms with Gasteiger partial charge < -0.3 is 5.11 Å². The quantitative estimate of drug-likeness (QED) is 0.869. The third kappa shape index (κ3) is 2.34. The number of allylic oxidation sites excluding steroid dienone is 4. The highest BCUT2D eigenvalue weighted by molar-refractivity contribution is 5.94. The molecule has 0 amide bonds. The molecule has 2 atom stereocenters. The Morgan fingerprint density at radius 1 is 1.29 bits per heavy atom. The molecule has 88 valence electrons. The van der Waals surface area contributed by atoms with Gasteiger partial charge in [-0.2, -0.15) is 0 Å². The highest BCUT2D eigenvalue weighted by Gasteiger charge is 2.39. The van der Waals surface area contributed by atoms with Gasteiger partial charge in [-0.05, 0) is 11.6 Å². The number of aliphatic hydroxyl groups is 1. The molecule has 2 rings (SSSR count). The number of carbonyl (C=O) groups is 1. The van der Waals surface area contributed by atoms with Gasteiger partial charge in [0.15, 0.2) is 5.67 Å². The SMILES string of the molecule is O=C(C(O)c1ccccc1)C1(F)C=CC=CC1. The highest BCUT2D eigenvalue weighted by atomic mass is 19.1. The topological polar surface area (TPSA) is 37.3 Å². The number of benzene rings is 1. The van der Waals surface area contributed by atoms with Crippen molar-refractivity contribution in [1.29, 1.82) is 0 Å². The van der Waals surface area contributed by atoms with Crippen LogP contribution in [0.4, 0.5) is 4.39 Å². The van der Waals surface area contributed by atoms with E-state index in [9.17, 15) is 14.3 Å². The third-order valence-electron chi connectivity index (χ3n) is 2.80. The minimum atomic E-state index is -2.09. The van der Waals surface area contributed by atoms with Crippen molar-refractivity contribution in [2.45, 2.75) is 18.2 Å². The Labute approximate surface area is 99.1 Å². The van der Waals surface area contributed by atoms with Gasteiger partial charge in [0, 0.05) is 6.42 Å². The molecule has 0 saturated carbocycles. The van der Waals surface area contributed by atoms with E-state index in [1.54, 1.807) is 42.5 Å². The molecule has 3 heteroatoms. The van der Waals surface area contributed by atoms with Crippen LogP contribution in [0.2, 0.25) is 0 Å². The largest absolute Gasteiger partial charge is 0.380 e. The van der Waals surface area contributed by atoms with E-state index < -0.39 is 17.6 Å². The van der Waals surface area contributed by atoms with Crippen LogP contribution in [-0.4, -0.2) is 16.6 Å². The van der Waals surface area contributed by atoms with Gasteiger partial charge in [-0.1, -0.05) is 48.6 Å². The van der Waals surface area contributed by atoms with E-state index in [-0.39, 0.29) is 6.42 Å². The van der Waals surface area contributed by atoms with Gasteiger partial charge in [0.1, 0.15) is 6.10 Å². The van der Waals surface area contributed by atoms with Crippen LogP contribution in [0.3, 0.4) is 0 Å². The summed E-state index contributed by atoms with van der Waals surface area (Å²) in [7, 11) is 0.